The molecule has 0 amide bonds. The lowest BCUT2D eigenvalue weighted by atomic mass is 10.2. The molecule has 0 saturated carbocycles. The van der Waals surface area contributed by atoms with E-state index in [1.807, 2.05) is 43.3 Å². The number of hydrazine groups is 1. The lowest BCUT2D eigenvalue weighted by Crippen LogP contribution is -2.35. The molecule has 2 aromatic carbocycles. The van der Waals surface area contributed by atoms with E-state index in [0.717, 1.165) is 11.3 Å². The van der Waals surface area contributed by atoms with Crippen molar-refractivity contribution in [2.75, 3.05) is 12.4 Å². The molecule has 0 bridgehead atoms. The monoisotopic (exact) mass is 304 g/mol. The van der Waals surface area contributed by atoms with Gasteiger partial charge in [-0.3, -0.25) is 5.43 Å². The molecule has 0 unspecified atom stereocenters. The third-order valence-electron chi connectivity index (χ3n) is 2.87. The van der Waals surface area contributed by atoms with Gasteiger partial charge in [0.25, 0.3) is 0 Å². The fourth-order valence-corrected chi connectivity index (χ4v) is 1.93. The summed E-state index contributed by atoms with van der Waals surface area (Å²) in [6.07, 6.45) is 0. The van der Waals surface area contributed by atoms with Crippen LogP contribution in [0.1, 0.15) is 5.56 Å². The van der Waals surface area contributed by atoms with E-state index >= 15 is 0 Å². The van der Waals surface area contributed by atoms with Gasteiger partial charge in [0.2, 0.25) is 5.96 Å². The molecule has 2 aromatic rings. The van der Waals surface area contributed by atoms with E-state index in [4.69, 9.17) is 22.2 Å². The van der Waals surface area contributed by atoms with Crippen molar-refractivity contribution in [2.45, 2.75) is 6.92 Å². The second kappa shape index (κ2) is 6.97. The molecule has 110 valence electrons. The first kappa shape index (κ1) is 15.2. The van der Waals surface area contributed by atoms with E-state index in [-0.39, 0.29) is 0 Å². The molecule has 0 aliphatic rings. The third kappa shape index (κ3) is 3.87. The molecule has 0 atom stereocenters. The highest BCUT2D eigenvalue weighted by molar-refractivity contribution is 6.31. The zero-order valence-electron chi connectivity index (χ0n) is 11.9. The molecule has 0 aromatic heterocycles. The van der Waals surface area contributed by atoms with Gasteiger partial charge in [-0.05, 0) is 30.7 Å². The minimum absolute atomic E-state index is 0.404. The Hall–Kier alpha value is -2.24. The lowest BCUT2D eigenvalue weighted by molar-refractivity contribution is 0.416. The molecule has 0 aliphatic heterocycles. The Bertz CT molecular complexity index is 644. The molecule has 4 N–H and O–H groups in total. The van der Waals surface area contributed by atoms with Gasteiger partial charge in [0.05, 0.1) is 7.11 Å². The van der Waals surface area contributed by atoms with Crippen LogP contribution in [-0.4, -0.2) is 13.1 Å². The summed E-state index contributed by atoms with van der Waals surface area (Å²) in [4.78, 5) is 4.43. The minimum atomic E-state index is 0.404. The SMILES string of the molecule is COc1cc(Cl)c(C)cc1N=C(NN)Nc1ccccc1. The number of ether oxygens (including phenoxy) is 1. The summed E-state index contributed by atoms with van der Waals surface area (Å²) in [5.74, 6) is 6.50. The van der Waals surface area contributed by atoms with Crippen molar-refractivity contribution >= 4 is 28.9 Å². The van der Waals surface area contributed by atoms with Crippen molar-refractivity contribution in [1.82, 2.24) is 5.43 Å². The van der Waals surface area contributed by atoms with Gasteiger partial charge >= 0.3 is 0 Å². The van der Waals surface area contributed by atoms with Crippen molar-refractivity contribution in [2.24, 2.45) is 10.8 Å². The second-order valence-corrected chi connectivity index (χ2v) is 4.78. The number of nitrogens with two attached hydrogens (primary N) is 1. The number of halogens is 1. The Labute approximate surface area is 128 Å². The lowest BCUT2D eigenvalue weighted by Gasteiger charge is -2.11. The minimum Gasteiger partial charge on any atom is -0.494 e. The summed E-state index contributed by atoms with van der Waals surface area (Å²) in [6, 6.07) is 13.2. The quantitative estimate of drug-likeness (QED) is 0.352. The van der Waals surface area contributed by atoms with Crippen LogP contribution in [0.4, 0.5) is 11.4 Å². The fraction of sp³-hybridized carbons (Fsp3) is 0.133. The summed E-state index contributed by atoms with van der Waals surface area (Å²) in [7, 11) is 1.57. The van der Waals surface area contributed by atoms with E-state index in [9.17, 15) is 0 Å². The standard InChI is InChI=1S/C15H17ClN4O/c1-10-8-13(14(21-2)9-12(10)16)19-15(20-17)18-11-6-4-3-5-7-11/h3-9H,17H2,1-2H3,(H2,18,19,20). The Morgan fingerprint density at radius 1 is 1.24 bits per heavy atom. The number of methoxy groups -OCH3 is 1. The molecule has 0 aliphatic carbocycles. The summed E-state index contributed by atoms with van der Waals surface area (Å²) < 4.78 is 5.29. The first-order valence-electron chi connectivity index (χ1n) is 6.35. The zero-order valence-corrected chi connectivity index (χ0v) is 12.6. The van der Waals surface area contributed by atoms with Crippen LogP contribution in [-0.2, 0) is 0 Å². The molecule has 2 rings (SSSR count). The van der Waals surface area contributed by atoms with Crippen LogP contribution in [0.25, 0.3) is 0 Å². The molecule has 0 fully saturated rings. The number of para-hydroxylation sites is 1. The number of rotatable bonds is 3. The first-order valence-corrected chi connectivity index (χ1v) is 6.73. The van der Waals surface area contributed by atoms with Crippen molar-refractivity contribution in [1.29, 1.82) is 0 Å². The molecule has 0 heterocycles. The summed E-state index contributed by atoms with van der Waals surface area (Å²) in [5, 5.41) is 3.72. The van der Waals surface area contributed by atoms with E-state index in [2.05, 4.69) is 15.7 Å². The number of hydrogen-bond acceptors (Lipinski definition) is 3. The molecular formula is C15H17ClN4O. The number of nitrogens with one attached hydrogen (secondary N) is 2. The fourth-order valence-electron chi connectivity index (χ4n) is 1.77. The van der Waals surface area contributed by atoms with Crippen LogP contribution in [0.5, 0.6) is 5.75 Å². The number of benzene rings is 2. The Balaban J connectivity index is 2.33. The molecular weight excluding hydrogens is 288 g/mol. The van der Waals surface area contributed by atoms with Crippen molar-refractivity contribution < 1.29 is 4.74 Å². The van der Waals surface area contributed by atoms with Crippen LogP contribution in [0.15, 0.2) is 47.5 Å². The van der Waals surface area contributed by atoms with Gasteiger partial charge in [0, 0.05) is 16.8 Å². The predicted octanol–water partition coefficient (Wildman–Crippen LogP) is 3.22. The van der Waals surface area contributed by atoms with Crippen LogP contribution in [0.2, 0.25) is 5.02 Å². The van der Waals surface area contributed by atoms with Crippen molar-refractivity contribution in [3.8, 4) is 5.75 Å². The molecule has 0 radical (unpaired) electrons. The first-order chi connectivity index (χ1) is 10.1. The Morgan fingerprint density at radius 3 is 2.57 bits per heavy atom. The van der Waals surface area contributed by atoms with Gasteiger partial charge < -0.3 is 10.1 Å². The number of aliphatic imine (C=N–C) groups is 1. The highest BCUT2D eigenvalue weighted by atomic mass is 35.5. The molecule has 5 nitrogen and oxygen atoms in total. The maximum Gasteiger partial charge on any atom is 0.215 e. The van der Waals surface area contributed by atoms with Gasteiger partial charge in [0.15, 0.2) is 0 Å². The topological polar surface area (TPSA) is 71.7 Å². The van der Waals surface area contributed by atoms with Gasteiger partial charge in [0.1, 0.15) is 11.4 Å². The summed E-state index contributed by atoms with van der Waals surface area (Å²) in [6.45, 7) is 1.90. The van der Waals surface area contributed by atoms with E-state index in [0.29, 0.717) is 22.4 Å². The van der Waals surface area contributed by atoms with Gasteiger partial charge in [-0.15, -0.1) is 0 Å². The maximum atomic E-state index is 6.08. The normalized spacial score (nSPS) is 11.1. The van der Waals surface area contributed by atoms with Gasteiger partial charge in [-0.25, -0.2) is 10.8 Å². The average Bonchev–Trinajstić information content (AvgIpc) is 2.51. The third-order valence-corrected chi connectivity index (χ3v) is 3.27. The molecule has 6 heteroatoms. The summed E-state index contributed by atoms with van der Waals surface area (Å²) in [5.41, 5.74) is 4.95. The number of nitrogens with zero attached hydrogens (tertiary/aromatic N) is 1. The van der Waals surface area contributed by atoms with Crippen LogP contribution < -0.4 is 21.3 Å². The van der Waals surface area contributed by atoms with Crippen molar-refractivity contribution in [3.63, 3.8) is 0 Å². The smallest absolute Gasteiger partial charge is 0.215 e. The van der Waals surface area contributed by atoms with E-state index in [1.54, 1.807) is 13.2 Å². The largest absolute Gasteiger partial charge is 0.494 e. The number of hydrogen-bond donors (Lipinski definition) is 3. The molecule has 0 spiro atoms. The summed E-state index contributed by atoms with van der Waals surface area (Å²) >= 11 is 6.08. The average molecular weight is 305 g/mol. The highest BCUT2D eigenvalue weighted by Crippen LogP contribution is 2.33. The molecule has 21 heavy (non-hydrogen) atoms. The van der Waals surface area contributed by atoms with Crippen LogP contribution in [0, 0.1) is 6.92 Å². The van der Waals surface area contributed by atoms with Gasteiger partial charge in [-0.1, -0.05) is 29.8 Å². The van der Waals surface area contributed by atoms with Crippen LogP contribution in [0.3, 0.4) is 0 Å². The zero-order chi connectivity index (χ0) is 15.2. The maximum absolute atomic E-state index is 6.08. The van der Waals surface area contributed by atoms with Crippen molar-refractivity contribution in [3.05, 3.63) is 53.1 Å². The van der Waals surface area contributed by atoms with Gasteiger partial charge in [-0.2, -0.15) is 0 Å². The van der Waals surface area contributed by atoms with E-state index in [1.165, 1.54) is 0 Å². The van der Waals surface area contributed by atoms with E-state index < -0.39 is 0 Å². The second-order valence-electron chi connectivity index (χ2n) is 4.37. The number of anilines is 1. The molecule has 0 saturated heterocycles. The number of aryl methyl sites for hydroxylation is 1. The predicted molar refractivity (Wildman–Crippen MR) is 87.2 cm³/mol. The highest BCUT2D eigenvalue weighted by Gasteiger charge is 2.08. The number of guanidine groups is 1. The Kier molecular flexibility index (Phi) is 5.03. The van der Waals surface area contributed by atoms with Crippen LogP contribution >= 0.6 is 11.6 Å². The Morgan fingerprint density at radius 2 is 1.95 bits per heavy atom.